The van der Waals surface area contributed by atoms with E-state index >= 15 is 0 Å². The number of nitrogens with two attached hydrogens (primary N) is 1. The highest BCUT2D eigenvalue weighted by atomic mass is 35.5. The van der Waals surface area contributed by atoms with Crippen LogP contribution >= 0.6 is 34.8 Å². The molecule has 3 aromatic carbocycles. The van der Waals surface area contributed by atoms with E-state index < -0.39 is 31.9 Å². The minimum Gasteiger partial charge on any atom is -0.391 e. The van der Waals surface area contributed by atoms with Crippen molar-refractivity contribution in [3.8, 4) is 35.6 Å². The van der Waals surface area contributed by atoms with Crippen LogP contribution in [0.25, 0.3) is 32.7 Å². The van der Waals surface area contributed by atoms with Gasteiger partial charge in [0.15, 0.2) is 17.3 Å². The number of rotatable bonds is 19. The lowest BCUT2D eigenvalue weighted by Crippen LogP contribution is -2.46. The van der Waals surface area contributed by atoms with E-state index in [-0.39, 0.29) is 135 Å². The van der Waals surface area contributed by atoms with Crippen LogP contribution < -0.4 is 38.4 Å². The lowest BCUT2D eigenvalue weighted by atomic mass is 9.97. The molecule has 0 saturated carbocycles. The van der Waals surface area contributed by atoms with Gasteiger partial charge in [0.25, 0.3) is 16.7 Å². The first-order chi connectivity index (χ1) is 42.5. The van der Waals surface area contributed by atoms with Crippen LogP contribution in [0.1, 0.15) is 87.3 Å². The highest BCUT2D eigenvalue weighted by Crippen LogP contribution is 2.24. The number of aliphatic hydroxyl groups is 3. The number of hydrogen-bond donors (Lipinski definition) is 7. The Labute approximate surface area is 530 Å². The first kappa shape index (κ1) is 69.6. The van der Waals surface area contributed by atoms with Gasteiger partial charge in [0, 0.05) is 60.5 Å². The predicted octanol–water partition coefficient (Wildman–Crippen LogP) is 4.18. The molecular weight excluding hydrogens is 1220 g/mol. The maximum absolute atomic E-state index is 12.9. The van der Waals surface area contributed by atoms with E-state index in [0.29, 0.717) is 73.3 Å². The van der Waals surface area contributed by atoms with Crippen molar-refractivity contribution in [2.24, 2.45) is 5.73 Å². The van der Waals surface area contributed by atoms with E-state index in [2.05, 4.69) is 79.8 Å². The molecule has 3 fully saturated rings. The molecule has 3 saturated heterocycles. The number of nitrogens with one attached hydrogen (secondary N) is 3. The number of fused-ring (bicyclic) bond motifs is 3. The zero-order valence-electron chi connectivity index (χ0n) is 49.8. The highest BCUT2D eigenvalue weighted by Gasteiger charge is 2.28. The number of ether oxygens (including phenoxy) is 2. The van der Waals surface area contributed by atoms with E-state index in [9.17, 15) is 48.9 Å². The van der Waals surface area contributed by atoms with Crippen molar-refractivity contribution in [2.45, 2.75) is 146 Å². The molecule has 0 bridgehead atoms. The summed E-state index contributed by atoms with van der Waals surface area (Å²) in [7, 11) is -1.56. The van der Waals surface area contributed by atoms with E-state index in [0.717, 1.165) is 38.9 Å². The quantitative estimate of drug-likeness (QED) is 0.0259. The minimum atomic E-state index is -1.56. The second kappa shape index (κ2) is 33.3. The smallest absolute Gasteiger partial charge is 0.261 e. The van der Waals surface area contributed by atoms with Crippen LogP contribution in [0.4, 0.5) is 0 Å². The molecule has 3 aromatic heterocycles. The van der Waals surface area contributed by atoms with Crippen LogP contribution in [0.15, 0.2) is 69.8 Å². The highest BCUT2D eigenvalue weighted by molar-refractivity contribution is 6.83. The number of hydrogen-bond acceptors (Lipinski definition) is 19. The van der Waals surface area contributed by atoms with Crippen molar-refractivity contribution >= 4 is 98.7 Å². The predicted molar refractivity (Wildman–Crippen MR) is 343 cm³/mol. The van der Waals surface area contributed by atoms with Gasteiger partial charge in [-0.05, 0) is 94.6 Å². The molecule has 3 aliphatic rings. The summed E-state index contributed by atoms with van der Waals surface area (Å²) in [6.07, 6.45) is 13.1. The Hall–Kier alpha value is -6.83. The average Bonchev–Trinajstić information content (AvgIpc) is 2.61. The molecule has 26 heteroatoms. The number of Topliss-reactive ketones (excluding diaryl/α,β-unsaturated/α-hetero) is 4. The van der Waals surface area contributed by atoms with Gasteiger partial charge < -0.3 is 46.5 Å². The van der Waals surface area contributed by atoms with E-state index in [1.165, 1.54) is 44.8 Å². The van der Waals surface area contributed by atoms with Gasteiger partial charge in [-0.25, -0.2) is 15.0 Å². The fourth-order valence-electron chi connectivity index (χ4n) is 10.0. The van der Waals surface area contributed by atoms with Gasteiger partial charge in [0.05, 0.1) is 124 Å². The van der Waals surface area contributed by atoms with Crippen LogP contribution in [0, 0.1) is 35.6 Å². The van der Waals surface area contributed by atoms with Crippen molar-refractivity contribution in [1.82, 2.24) is 44.6 Å². The zero-order valence-corrected chi connectivity index (χ0v) is 53.1. The number of aromatic nitrogens is 6. The fraction of sp³-hybridized carbons (Fsp3) is 0.460. The Balaban J connectivity index is 0.000000193. The zero-order chi connectivity index (χ0) is 64.4. The summed E-state index contributed by atoms with van der Waals surface area (Å²) in [5.41, 5.74) is 10.3. The molecular formula is C63H73Cl3N10O12Si. The van der Waals surface area contributed by atoms with Crippen molar-refractivity contribution in [3.05, 3.63) is 118 Å². The first-order valence-corrected chi connectivity index (χ1v) is 33.9. The Kier molecular flexibility index (Phi) is 26.1. The lowest BCUT2D eigenvalue weighted by molar-refractivity contribution is -0.121. The Morgan fingerprint density at radius 2 is 0.989 bits per heavy atom. The van der Waals surface area contributed by atoms with Crippen molar-refractivity contribution in [2.75, 3.05) is 39.8 Å². The monoisotopic (exact) mass is 1290 g/mol. The summed E-state index contributed by atoms with van der Waals surface area (Å²) in [4.78, 5) is 100. The molecule has 472 valence electrons. The van der Waals surface area contributed by atoms with Gasteiger partial charge in [-0.2, -0.15) is 0 Å². The molecule has 89 heavy (non-hydrogen) atoms. The van der Waals surface area contributed by atoms with Gasteiger partial charge in [0.1, 0.15) is 20.7 Å². The third-order valence-electron chi connectivity index (χ3n) is 14.8. The number of ketones is 4. The lowest BCUT2D eigenvalue weighted by Gasteiger charge is -2.28. The summed E-state index contributed by atoms with van der Waals surface area (Å²) in [6, 6.07) is 8.58. The topological polar surface area (TPSA) is 314 Å². The van der Waals surface area contributed by atoms with Gasteiger partial charge in [0.2, 0.25) is 0 Å². The molecule has 0 amide bonds. The van der Waals surface area contributed by atoms with Crippen LogP contribution in [0.2, 0.25) is 34.7 Å². The van der Waals surface area contributed by atoms with Crippen molar-refractivity contribution in [3.63, 3.8) is 0 Å². The third-order valence-corrected chi connectivity index (χ3v) is 16.6. The van der Waals surface area contributed by atoms with E-state index in [1.54, 1.807) is 24.3 Å². The summed E-state index contributed by atoms with van der Waals surface area (Å²) >= 11 is 18.7. The van der Waals surface area contributed by atoms with E-state index in [1.807, 2.05) is 0 Å². The molecule has 6 atom stereocenters. The molecule has 0 aliphatic carbocycles. The molecule has 3 aliphatic heterocycles. The normalized spacial score (nSPS) is 19.1. The molecule has 6 heterocycles. The molecule has 8 N–H and O–H groups in total. The fourth-order valence-corrected chi connectivity index (χ4v) is 11.2. The number of carbonyl (C=O) groups excluding carboxylic acids is 4. The molecule has 22 nitrogen and oxygen atoms in total. The summed E-state index contributed by atoms with van der Waals surface area (Å²) in [5, 5.41) is 41.3. The van der Waals surface area contributed by atoms with Gasteiger partial charge in [-0.3, -0.25) is 47.3 Å². The number of nitrogens with zero attached hydrogens (tertiary/aromatic N) is 6. The van der Waals surface area contributed by atoms with Crippen LogP contribution in [0.5, 0.6) is 0 Å². The number of benzene rings is 3. The Morgan fingerprint density at radius 1 is 0.607 bits per heavy atom. The van der Waals surface area contributed by atoms with Crippen molar-refractivity contribution in [1.29, 1.82) is 0 Å². The molecule has 0 unspecified atom stereocenters. The molecule has 6 aromatic rings. The molecule has 9 rings (SSSR count). The third kappa shape index (κ3) is 20.3. The summed E-state index contributed by atoms with van der Waals surface area (Å²) in [5.74, 6) is 10.6. The van der Waals surface area contributed by atoms with Crippen LogP contribution in [-0.4, -0.2) is 151 Å². The van der Waals surface area contributed by atoms with Gasteiger partial charge in [-0.15, -0.1) is 12.0 Å². The second-order valence-electron chi connectivity index (χ2n) is 22.9. The van der Waals surface area contributed by atoms with E-state index in [4.69, 9.17) is 56.4 Å². The number of carbonyl (C=O) groups is 4. The van der Waals surface area contributed by atoms with Gasteiger partial charge in [-0.1, -0.05) is 78.1 Å². The SMILES string of the molecule is C#Cc1cc2ncn(CC(=O)C[C@H]3NCCC[C@@H]3O)c(=O)c2cc1Cl.C[Si](C)(C)C#Cc1cc2ncn(CC(=O)C[C@H]3NCCC[C@@H]3O)c(=O)c2cc1Cl.NCOCOCCC(=O)CC#Cc1cc2ncn(CC(=O)C[C@H]3NCCC[C@@H]3O)c(=O)c2cc1Cl. The Bertz CT molecular complexity index is 3940. The largest absolute Gasteiger partial charge is 0.391 e. The maximum atomic E-state index is 12.9. The standard InChI is InChI=1S/C24H29ClN4O6.C21H26ClN3O3Si.C18H18ClN3O3/c25-20-11-19-21(9-16(20)3-1-4-17(30)6-8-34-15-35-13-26)28-14-29(24(19)33)12-18(31)10-22-23(32)5-2-7-27-22;1-29(2,3)8-6-14-9-18-16(11-17(14)22)21(28)25(13-24-18)12-15(26)10-19-20(27)5-4-7-23-19;1-2-11-6-15-13(8-14(11)19)18(25)22(10-21-15)9-12(23)7-16-17(24)4-3-5-20-16/h9,11,14,22-23,27,32H,2,4-8,10,12-13,15,26H2;9,11,13,19-20,23,27H,4-5,7,10,12H2,1-3H3;1,6,8,10,16-17,20,24H,3-5,7,9H2/t22-,23+;19-,20+;16-,17+/m111/s1. The number of halogens is 3. The second-order valence-corrected chi connectivity index (χ2v) is 28.9. The molecule has 0 spiro atoms. The molecule has 0 radical (unpaired) electrons. The average molecular weight is 1300 g/mol. The first-order valence-electron chi connectivity index (χ1n) is 29.2. The summed E-state index contributed by atoms with van der Waals surface area (Å²) < 4.78 is 13.7. The number of terminal acetylenes is 1. The Morgan fingerprint density at radius 3 is 1.36 bits per heavy atom. The van der Waals surface area contributed by atoms with Crippen LogP contribution in [-0.2, 0) is 48.3 Å². The maximum Gasteiger partial charge on any atom is 0.261 e. The number of piperidine rings is 3. The number of aliphatic hydroxyl groups excluding tert-OH is 3. The van der Waals surface area contributed by atoms with Gasteiger partial charge >= 0.3 is 0 Å². The van der Waals surface area contributed by atoms with Crippen molar-refractivity contribution < 1.29 is 44.0 Å². The van der Waals surface area contributed by atoms with Crippen LogP contribution in [0.3, 0.4) is 0 Å². The summed E-state index contributed by atoms with van der Waals surface area (Å²) in [6.45, 7) is 8.73. The minimum absolute atomic E-state index is 0.0250.